The van der Waals surface area contributed by atoms with E-state index in [1.165, 1.54) is 26.9 Å². The van der Waals surface area contributed by atoms with Crippen LogP contribution in [0, 0.1) is 17.8 Å². The Kier molecular flexibility index (Phi) is 11.9. The fourth-order valence-electron chi connectivity index (χ4n) is 6.87. The van der Waals surface area contributed by atoms with E-state index in [4.69, 9.17) is 4.74 Å². The van der Waals surface area contributed by atoms with E-state index in [1.807, 2.05) is 13.8 Å². The summed E-state index contributed by atoms with van der Waals surface area (Å²) in [6.45, 7) is 11.5. The molecule has 47 heavy (non-hydrogen) atoms. The Morgan fingerprint density at radius 3 is 2.11 bits per heavy atom. The SMILES string of the molecule is CC(C)CC1C(=O)N2CCCC2C(=O)NC(C(C)C)C(=O)OC(C(C)C)C(=O)N2NCCCC2C(=O)N2NCC(O)CC2C(=O)N1C. The highest BCUT2D eigenvalue weighted by atomic mass is 16.6. The van der Waals surface area contributed by atoms with Crippen LogP contribution in [-0.4, -0.2) is 130 Å². The molecule has 4 rings (SSSR count). The number of carbonyl (C=O) groups excluding carboxylic acids is 6. The van der Waals surface area contributed by atoms with E-state index in [0.29, 0.717) is 38.8 Å². The molecular weight excluding hydrogens is 610 g/mol. The van der Waals surface area contributed by atoms with E-state index in [0.717, 1.165) is 0 Å². The quantitative estimate of drug-likeness (QED) is 0.287. The number of ether oxygens (including phenoxy) is 1. The van der Waals surface area contributed by atoms with E-state index >= 15 is 0 Å². The van der Waals surface area contributed by atoms with Crippen molar-refractivity contribution in [3.8, 4) is 0 Å². The zero-order valence-corrected chi connectivity index (χ0v) is 28.7. The average molecular weight is 664 g/mol. The van der Waals surface area contributed by atoms with Crippen LogP contribution >= 0.6 is 0 Å². The molecule has 4 aliphatic rings. The molecule has 15 nitrogen and oxygen atoms in total. The first-order valence-electron chi connectivity index (χ1n) is 17.0. The molecule has 7 atom stereocenters. The molecule has 4 aliphatic heterocycles. The largest absolute Gasteiger partial charge is 0.450 e. The lowest BCUT2D eigenvalue weighted by Crippen LogP contribution is -2.69. The maximum atomic E-state index is 14.3. The minimum atomic E-state index is -1.28. The summed E-state index contributed by atoms with van der Waals surface area (Å²) in [7, 11) is 1.51. The Labute approximate surface area is 277 Å². The number of hydrazine groups is 2. The van der Waals surface area contributed by atoms with E-state index in [9.17, 15) is 33.9 Å². The van der Waals surface area contributed by atoms with Gasteiger partial charge in [0.15, 0.2) is 6.10 Å². The summed E-state index contributed by atoms with van der Waals surface area (Å²) in [5.41, 5.74) is 5.89. The third-order valence-electron chi connectivity index (χ3n) is 9.54. The van der Waals surface area contributed by atoms with E-state index in [-0.39, 0.29) is 25.3 Å². The monoisotopic (exact) mass is 663 g/mol. The van der Waals surface area contributed by atoms with Crippen molar-refractivity contribution < 1.29 is 38.6 Å². The predicted molar refractivity (Wildman–Crippen MR) is 169 cm³/mol. The van der Waals surface area contributed by atoms with Crippen molar-refractivity contribution in [1.82, 2.24) is 36.0 Å². The highest BCUT2D eigenvalue weighted by Gasteiger charge is 2.48. The molecule has 4 fully saturated rings. The number of aliphatic hydroxyl groups excluding tert-OH is 1. The number of fused-ring (bicyclic) bond motifs is 3. The van der Waals surface area contributed by atoms with Crippen molar-refractivity contribution in [3.05, 3.63) is 0 Å². The molecule has 4 heterocycles. The fourth-order valence-corrected chi connectivity index (χ4v) is 6.87. The number of amides is 5. The van der Waals surface area contributed by atoms with Crippen LogP contribution in [0.4, 0.5) is 0 Å². The average Bonchev–Trinajstić information content (AvgIpc) is 3.52. The zero-order chi connectivity index (χ0) is 34.7. The summed E-state index contributed by atoms with van der Waals surface area (Å²) in [5, 5.41) is 15.8. The summed E-state index contributed by atoms with van der Waals surface area (Å²) < 4.78 is 5.82. The predicted octanol–water partition coefficient (Wildman–Crippen LogP) is -0.465. The van der Waals surface area contributed by atoms with Gasteiger partial charge >= 0.3 is 5.97 Å². The smallest absolute Gasteiger partial charge is 0.329 e. The molecule has 0 spiro atoms. The van der Waals surface area contributed by atoms with Crippen LogP contribution in [-0.2, 0) is 33.5 Å². The Morgan fingerprint density at radius 1 is 0.809 bits per heavy atom. The molecule has 5 amide bonds. The molecule has 0 aromatic rings. The first-order chi connectivity index (χ1) is 22.1. The number of hydrogen-bond donors (Lipinski definition) is 4. The molecule has 0 bridgehead atoms. The van der Waals surface area contributed by atoms with Crippen LogP contribution in [0.3, 0.4) is 0 Å². The fraction of sp³-hybridized carbons (Fsp3) is 0.812. The van der Waals surface area contributed by atoms with Crippen molar-refractivity contribution in [3.63, 3.8) is 0 Å². The summed E-state index contributed by atoms with van der Waals surface area (Å²) in [6.07, 6.45) is -0.215. The lowest BCUT2D eigenvalue weighted by Gasteiger charge is -2.45. The second-order valence-corrected chi connectivity index (χ2v) is 14.4. The number of carbonyl (C=O) groups is 6. The van der Waals surface area contributed by atoms with Gasteiger partial charge in [0.1, 0.15) is 30.2 Å². The maximum Gasteiger partial charge on any atom is 0.329 e. The van der Waals surface area contributed by atoms with Gasteiger partial charge in [-0.2, -0.15) is 0 Å². The van der Waals surface area contributed by atoms with Gasteiger partial charge < -0.3 is 25.0 Å². The van der Waals surface area contributed by atoms with Crippen LogP contribution in [0.1, 0.15) is 80.1 Å². The number of nitrogens with one attached hydrogen (secondary N) is 3. The third kappa shape index (κ3) is 7.89. The lowest BCUT2D eigenvalue weighted by molar-refractivity contribution is -0.175. The number of hydrogen-bond acceptors (Lipinski definition) is 10. The first-order valence-corrected chi connectivity index (χ1v) is 17.0. The van der Waals surface area contributed by atoms with Gasteiger partial charge in [0, 0.05) is 33.1 Å². The van der Waals surface area contributed by atoms with Crippen LogP contribution < -0.4 is 16.2 Å². The van der Waals surface area contributed by atoms with Crippen LogP contribution in [0.25, 0.3) is 0 Å². The molecule has 0 radical (unpaired) electrons. The third-order valence-corrected chi connectivity index (χ3v) is 9.54. The van der Waals surface area contributed by atoms with E-state index in [1.54, 1.807) is 27.7 Å². The molecule has 15 heteroatoms. The second-order valence-electron chi connectivity index (χ2n) is 14.4. The van der Waals surface area contributed by atoms with Gasteiger partial charge in [-0.15, -0.1) is 0 Å². The molecule has 0 saturated carbocycles. The minimum absolute atomic E-state index is 0.00150. The molecule has 4 saturated heterocycles. The normalized spacial score (nSPS) is 32.3. The molecule has 0 aromatic heterocycles. The maximum absolute atomic E-state index is 14.3. The summed E-state index contributed by atoms with van der Waals surface area (Å²) in [6, 6.07) is -5.12. The Hall–Kier alpha value is -3.30. The highest BCUT2D eigenvalue weighted by Crippen LogP contribution is 2.27. The van der Waals surface area contributed by atoms with Crippen molar-refractivity contribution in [2.45, 2.75) is 122 Å². The molecule has 7 unspecified atom stereocenters. The Balaban J connectivity index is 1.81. The van der Waals surface area contributed by atoms with Gasteiger partial charge in [-0.3, -0.25) is 34.0 Å². The van der Waals surface area contributed by atoms with Crippen molar-refractivity contribution >= 4 is 35.5 Å². The van der Waals surface area contributed by atoms with Crippen molar-refractivity contribution in [1.29, 1.82) is 0 Å². The molecule has 0 aromatic carbocycles. The molecular formula is C32H53N7O8. The number of aliphatic hydroxyl groups is 1. The summed E-state index contributed by atoms with van der Waals surface area (Å²) >= 11 is 0. The zero-order valence-electron chi connectivity index (χ0n) is 28.7. The first kappa shape index (κ1) is 36.5. The van der Waals surface area contributed by atoms with Gasteiger partial charge in [0.25, 0.3) is 11.8 Å². The molecule has 0 aliphatic carbocycles. The number of esters is 1. The van der Waals surface area contributed by atoms with Crippen LogP contribution in [0.2, 0.25) is 0 Å². The minimum Gasteiger partial charge on any atom is -0.450 e. The van der Waals surface area contributed by atoms with Gasteiger partial charge in [0.2, 0.25) is 17.7 Å². The number of rotatable bonds is 4. The number of nitrogens with zero attached hydrogens (tertiary/aromatic N) is 4. The van der Waals surface area contributed by atoms with Crippen LogP contribution in [0.5, 0.6) is 0 Å². The van der Waals surface area contributed by atoms with Crippen molar-refractivity contribution in [2.24, 2.45) is 17.8 Å². The van der Waals surface area contributed by atoms with Gasteiger partial charge in [-0.1, -0.05) is 41.5 Å². The molecule has 264 valence electrons. The lowest BCUT2D eigenvalue weighted by atomic mass is 9.97. The summed E-state index contributed by atoms with van der Waals surface area (Å²) in [4.78, 5) is 87.0. The van der Waals surface area contributed by atoms with E-state index < -0.39 is 89.8 Å². The number of β-amino-alcohol motifs (C(OH)–C–C–N with tert-alkyl or cyclic N) is 1. The standard InChI is InChI=1S/C32H53N7O8/c1-17(2)14-23-29(43)37-13-9-11-21(37)27(41)35-25(18(3)4)32(46)47-26(19(5)6)31(45)38-22(10-8-12-33-38)30(44)39-24(28(42)36(23)7)15-20(40)16-34-39/h17-26,33-34,40H,8-16H2,1-7H3,(H,35,41). The van der Waals surface area contributed by atoms with Crippen LogP contribution in [0.15, 0.2) is 0 Å². The topological polar surface area (TPSA) is 181 Å². The Bertz CT molecular complexity index is 1210. The van der Waals surface area contributed by atoms with Gasteiger partial charge in [0.05, 0.1) is 6.10 Å². The second kappa shape index (κ2) is 15.3. The number of likely N-dealkylation sites (N-methyl/N-ethyl adjacent to an activating group) is 1. The van der Waals surface area contributed by atoms with Crippen molar-refractivity contribution in [2.75, 3.05) is 26.7 Å². The van der Waals surface area contributed by atoms with E-state index in [2.05, 4.69) is 16.2 Å². The van der Waals surface area contributed by atoms with Gasteiger partial charge in [-0.05, 0) is 49.9 Å². The van der Waals surface area contributed by atoms with Gasteiger partial charge in [-0.25, -0.2) is 15.6 Å². The highest BCUT2D eigenvalue weighted by molar-refractivity contribution is 5.97. The summed E-state index contributed by atoms with van der Waals surface area (Å²) in [5.74, 6) is -4.29. The Morgan fingerprint density at radius 2 is 1.47 bits per heavy atom. The number of cyclic esters (lactones) is 1. The molecule has 4 N–H and O–H groups in total.